The van der Waals surface area contributed by atoms with Crippen molar-refractivity contribution in [1.29, 1.82) is 0 Å². The predicted molar refractivity (Wildman–Crippen MR) is 81.2 cm³/mol. The molecule has 1 N–H and O–H groups in total. The summed E-state index contributed by atoms with van der Waals surface area (Å²) in [6, 6.07) is 10.4. The Morgan fingerprint density at radius 2 is 2.05 bits per heavy atom. The average molecular weight is 310 g/mol. The van der Waals surface area contributed by atoms with Crippen molar-refractivity contribution in [2.24, 2.45) is 0 Å². The van der Waals surface area contributed by atoms with E-state index in [1.807, 2.05) is 12.1 Å². The first-order chi connectivity index (χ1) is 9.56. The van der Waals surface area contributed by atoms with Crippen LogP contribution in [0.25, 0.3) is 0 Å². The van der Waals surface area contributed by atoms with Gasteiger partial charge in [-0.3, -0.25) is 5.32 Å². The largest absolute Gasteiger partial charge is 0.323 e. The van der Waals surface area contributed by atoms with E-state index in [0.717, 1.165) is 5.56 Å². The van der Waals surface area contributed by atoms with Crippen LogP contribution in [0.1, 0.15) is 5.56 Å². The quantitative estimate of drug-likeness (QED) is 0.929. The molecule has 1 aromatic heterocycles. The molecule has 1 heterocycles. The molecule has 0 fully saturated rings. The fourth-order valence-electron chi connectivity index (χ4n) is 1.63. The Morgan fingerprint density at radius 3 is 2.70 bits per heavy atom. The number of nitrogens with one attached hydrogen (secondary N) is 1. The number of anilines is 1. The lowest BCUT2D eigenvalue weighted by Gasteiger charge is -2.18. The molecule has 0 bridgehead atoms. The number of aromatic nitrogens is 1. The molecule has 4 nitrogen and oxygen atoms in total. The first-order valence-electron chi connectivity index (χ1n) is 5.93. The smallest absolute Gasteiger partial charge is 0.323 e. The minimum atomic E-state index is -0.241. The first kappa shape index (κ1) is 14.6. The number of carbonyl (C=O) groups excluding carboxylic acids is 1. The first-order valence-corrected chi connectivity index (χ1v) is 6.69. The zero-order valence-electron chi connectivity index (χ0n) is 10.8. The molecule has 0 aliphatic rings. The zero-order chi connectivity index (χ0) is 14.5. The number of amides is 2. The fourth-order valence-corrected chi connectivity index (χ4v) is 1.95. The number of urea groups is 1. The van der Waals surface area contributed by atoms with Gasteiger partial charge in [-0.15, -0.1) is 0 Å². The Kier molecular flexibility index (Phi) is 4.82. The van der Waals surface area contributed by atoms with Crippen molar-refractivity contribution in [1.82, 2.24) is 9.88 Å². The van der Waals surface area contributed by atoms with E-state index in [9.17, 15) is 4.79 Å². The molecule has 0 spiro atoms. The van der Waals surface area contributed by atoms with Crippen LogP contribution in [0.15, 0.2) is 42.6 Å². The Morgan fingerprint density at radius 1 is 1.25 bits per heavy atom. The number of pyridine rings is 1. The molecule has 0 aliphatic carbocycles. The summed E-state index contributed by atoms with van der Waals surface area (Å²) >= 11 is 11.8. The number of rotatable bonds is 3. The number of halogens is 2. The van der Waals surface area contributed by atoms with Crippen LogP contribution in [-0.2, 0) is 6.54 Å². The Bertz CT molecular complexity index is 605. The lowest BCUT2D eigenvalue weighted by Crippen LogP contribution is -2.31. The van der Waals surface area contributed by atoms with Gasteiger partial charge < -0.3 is 4.90 Å². The molecule has 2 rings (SSSR count). The van der Waals surface area contributed by atoms with Gasteiger partial charge in [0, 0.05) is 19.8 Å². The molecule has 0 saturated heterocycles. The van der Waals surface area contributed by atoms with Crippen LogP contribution < -0.4 is 5.32 Å². The van der Waals surface area contributed by atoms with Crippen molar-refractivity contribution >= 4 is 35.1 Å². The second-order valence-electron chi connectivity index (χ2n) is 4.25. The fraction of sp³-hybridized carbons (Fsp3) is 0.143. The highest BCUT2D eigenvalue weighted by Crippen LogP contribution is 2.23. The van der Waals surface area contributed by atoms with Gasteiger partial charge in [0.1, 0.15) is 5.82 Å². The molecule has 0 radical (unpaired) electrons. The van der Waals surface area contributed by atoms with Crippen LogP contribution in [0.4, 0.5) is 10.6 Å². The van der Waals surface area contributed by atoms with Gasteiger partial charge in [-0.25, -0.2) is 9.78 Å². The lowest BCUT2D eigenvalue weighted by molar-refractivity contribution is 0.220. The third kappa shape index (κ3) is 3.85. The molecule has 6 heteroatoms. The third-order valence-electron chi connectivity index (χ3n) is 2.65. The zero-order valence-corrected chi connectivity index (χ0v) is 12.3. The summed E-state index contributed by atoms with van der Waals surface area (Å²) in [4.78, 5) is 17.6. The predicted octanol–water partition coefficient (Wildman–Crippen LogP) is 4.05. The van der Waals surface area contributed by atoms with Crippen LogP contribution in [0.3, 0.4) is 0 Å². The minimum absolute atomic E-state index is 0.241. The highest BCUT2D eigenvalue weighted by atomic mass is 35.5. The molecular weight excluding hydrogens is 297 g/mol. The van der Waals surface area contributed by atoms with Crippen LogP contribution in [0.5, 0.6) is 0 Å². The third-order valence-corrected chi connectivity index (χ3v) is 3.39. The van der Waals surface area contributed by atoms with Gasteiger partial charge in [0.15, 0.2) is 0 Å². The maximum absolute atomic E-state index is 12.0. The van der Waals surface area contributed by atoms with Crippen LogP contribution in [0, 0.1) is 0 Å². The van der Waals surface area contributed by atoms with Gasteiger partial charge in [0.05, 0.1) is 10.0 Å². The molecule has 104 valence electrons. The van der Waals surface area contributed by atoms with Gasteiger partial charge >= 0.3 is 6.03 Å². The molecule has 2 aromatic rings. The van der Waals surface area contributed by atoms with Crippen molar-refractivity contribution in [3.8, 4) is 0 Å². The topological polar surface area (TPSA) is 45.2 Å². The molecule has 1 aromatic carbocycles. The monoisotopic (exact) mass is 309 g/mol. The van der Waals surface area contributed by atoms with Crippen molar-refractivity contribution in [3.63, 3.8) is 0 Å². The van der Waals surface area contributed by atoms with E-state index in [2.05, 4.69) is 10.3 Å². The van der Waals surface area contributed by atoms with Gasteiger partial charge in [-0.2, -0.15) is 0 Å². The van der Waals surface area contributed by atoms with E-state index in [1.165, 1.54) is 4.90 Å². The van der Waals surface area contributed by atoms with Gasteiger partial charge in [-0.05, 0) is 29.8 Å². The van der Waals surface area contributed by atoms with E-state index < -0.39 is 0 Å². The summed E-state index contributed by atoms with van der Waals surface area (Å²) in [7, 11) is 1.70. The number of hydrogen-bond acceptors (Lipinski definition) is 2. The van der Waals surface area contributed by atoms with Crippen LogP contribution in [-0.4, -0.2) is 23.0 Å². The average Bonchev–Trinajstić information content (AvgIpc) is 2.44. The van der Waals surface area contributed by atoms with E-state index in [4.69, 9.17) is 23.2 Å². The maximum Gasteiger partial charge on any atom is 0.323 e. The standard InChI is InChI=1S/C14H13Cl2N3O/c1-19(9-10-5-6-11(15)12(16)8-10)14(20)18-13-4-2-3-7-17-13/h2-8H,9H2,1H3,(H,17,18,20). The van der Waals surface area contributed by atoms with Crippen molar-refractivity contribution in [3.05, 3.63) is 58.2 Å². The maximum atomic E-state index is 12.0. The summed E-state index contributed by atoms with van der Waals surface area (Å²) in [5, 5.41) is 3.68. The number of nitrogens with zero attached hydrogens (tertiary/aromatic N) is 2. The highest BCUT2D eigenvalue weighted by Gasteiger charge is 2.10. The Hall–Kier alpha value is -1.78. The SMILES string of the molecule is CN(Cc1ccc(Cl)c(Cl)c1)C(=O)Nc1ccccn1. The Balaban J connectivity index is 1.98. The van der Waals surface area contributed by atoms with Crippen molar-refractivity contribution in [2.75, 3.05) is 12.4 Å². The lowest BCUT2D eigenvalue weighted by atomic mass is 10.2. The number of carbonyl (C=O) groups is 1. The number of hydrogen-bond donors (Lipinski definition) is 1. The summed E-state index contributed by atoms with van der Waals surface area (Å²) in [5.74, 6) is 0.512. The molecule has 20 heavy (non-hydrogen) atoms. The highest BCUT2D eigenvalue weighted by molar-refractivity contribution is 6.42. The van der Waals surface area contributed by atoms with Gasteiger partial charge in [-0.1, -0.05) is 35.3 Å². The van der Waals surface area contributed by atoms with E-state index in [1.54, 1.807) is 37.5 Å². The second kappa shape index (κ2) is 6.59. The molecule has 0 aliphatic heterocycles. The van der Waals surface area contributed by atoms with Gasteiger partial charge in [0.25, 0.3) is 0 Å². The second-order valence-corrected chi connectivity index (χ2v) is 5.06. The molecule has 2 amide bonds. The van der Waals surface area contributed by atoms with Gasteiger partial charge in [0.2, 0.25) is 0 Å². The Labute approximate surface area is 127 Å². The van der Waals surface area contributed by atoms with Crippen molar-refractivity contribution in [2.45, 2.75) is 6.54 Å². The number of benzene rings is 1. The summed E-state index contributed by atoms with van der Waals surface area (Å²) < 4.78 is 0. The molecular formula is C14H13Cl2N3O. The molecule has 0 unspecified atom stereocenters. The van der Waals surface area contributed by atoms with Crippen molar-refractivity contribution < 1.29 is 4.79 Å². The normalized spacial score (nSPS) is 10.2. The van der Waals surface area contributed by atoms with E-state index >= 15 is 0 Å². The summed E-state index contributed by atoms with van der Waals surface area (Å²) in [6.45, 7) is 0.426. The van der Waals surface area contributed by atoms with Crippen LogP contribution in [0.2, 0.25) is 10.0 Å². The summed E-state index contributed by atoms with van der Waals surface area (Å²) in [6.07, 6.45) is 1.62. The van der Waals surface area contributed by atoms with E-state index in [-0.39, 0.29) is 6.03 Å². The van der Waals surface area contributed by atoms with E-state index in [0.29, 0.717) is 22.4 Å². The molecule has 0 atom stereocenters. The molecule has 0 saturated carbocycles. The summed E-state index contributed by atoms with van der Waals surface area (Å²) in [5.41, 5.74) is 0.901. The minimum Gasteiger partial charge on any atom is -0.323 e. The van der Waals surface area contributed by atoms with Crippen LogP contribution >= 0.6 is 23.2 Å².